The molecule has 0 aliphatic heterocycles. The van der Waals surface area contributed by atoms with Crippen molar-refractivity contribution in [2.45, 2.75) is 4.90 Å². The van der Waals surface area contributed by atoms with Crippen molar-refractivity contribution >= 4 is 60.5 Å². The van der Waals surface area contributed by atoms with Gasteiger partial charge in [0.2, 0.25) is 0 Å². The third-order valence-corrected chi connectivity index (χ3v) is 5.15. The highest BCUT2D eigenvalue weighted by atomic mass is 79.9. The van der Waals surface area contributed by atoms with Gasteiger partial charge in [-0.1, -0.05) is 39.1 Å². The lowest BCUT2D eigenvalue weighted by atomic mass is 10.3. The van der Waals surface area contributed by atoms with Gasteiger partial charge >= 0.3 is 0 Å². The van der Waals surface area contributed by atoms with Gasteiger partial charge in [-0.3, -0.25) is 4.72 Å². The average Bonchev–Trinajstić information content (AvgIpc) is 2.37. The van der Waals surface area contributed by atoms with Crippen molar-refractivity contribution in [1.82, 2.24) is 0 Å². The first-order valence-corrected chi connectivity index (χ1v) is 8.46. The highest BCUT2D eigenvalue weighted by Crippen LogP contribution is 2.31. The van der Waals surface area contributed by atoms with Crippen LogP contribution in [0, 0.1) is 5.82 Å². The molecule has 0 aliphatic carbocycles. The van der Waals surface area contributed by atoms with Crippen LogP contribution in [0.2, 0.25) is 10.0 Å². The fourth-order valence-corrected chi connectivity index (χ4v) is 3.93. The van der Waals surface area contributed by atoms with Crippen molar-refractivity contribution in [1.29, 1.82) is 0 Å². The number of benzene rings is 2. The number of nitrogens with two attached hydrogens (primary N) is 1. The summed E-state index contributed by atoms with van der Waals surface area (Å²) in [4.78, 5) is -0.331. The van der Waals surface area contributed by atoms with Crippen LogP contribution in [0.25, 0.3) is 0 Å². The number of halogens is 4. The number of sulfonamides is 1. The molecule has 2 rings (SSSR count). The summed E-state index contributed by atoms with van der Waals surface area (Å²) in [6, 6.07) is 6.41. The molecule has 0 unspecified atom stereocenters. The lowest BCUT2D eigenvalue weighted by Gasteiger charge is -2.12. The van der Waals surface area contributed by atoms with Crippen LogP contribution in [-0.4, -0.2) is 8.42 Å². The Balaban J connectivity index is 2.46. The Morgan fingerprint density at radius 3 is 2.43 bits per heavy atom. The summed E-state index contributed by atoms with van der Waals surface area (Å²) in [6.07, 6.45) is 0. The second-order valence-electron chi connectivity index (χ2n) is 4.03. The van der Waals surface area contributed by atoms with Crippen molar-refractivity contribution < 1.29 is 12.8 Å². The lowest BCUT2D eigenvalue weighted by molar-refractivity contribution is 0.600. The molecule has 4 nitrogen and oxygen atoms in total. The van der Waals surface area contributed by atoms with E-state index < -0.39 is 15.8 Å². The van der Waals surface area contributed by atoms with Crippen LogP contribution in [0.4, 0.5) is 15.8 Å². The van der Waals surface area contributed by atoms with Crippen LogP contribution in [0.15, 0.2) is 39.7 Å². The van der Waals surface area contributed by atoms with E-state index in [1.807, 2.05) is 0 Å². The number of rotatable bonds is 3. The number of nitrogens with one attached hydrogen (secondary N) is 1. The molecule has 3 N–H and O–H groups in total. The molecule has 0 aliphatic rings. The Bertz CT molecular complexity index is 815. The van der Waals surface area contributed by atoms with E-state index in [1.165, 1.54) is 12.1 Å². The summed E-state index contributed by atoms with van der Waals surface area (Å²) in [5.41, 5.74) is 5.22. The molecule has 0 fully saturated rings. The molecule has 0 saturated heterocycles. The van der Waals surface area contributed by atoms with E-state index in [4.69, 9.17) is 28.9 Å². The zero-order chi connectivity index (χ0) is 15.8. The van der Waals surface area contributed by atoms with Crippen LogP contribution in [0.3, 0.4) is 0 Å². The minimum absolute atomic E-state index is 0.166. The predicted molar refractivity (Wildman–Crippen MR) is 85.8 cm³/mol. The summed E-state index contributed by atoms with van der Waals surface area (Å²) in [7, 11) is -4.05. The fraction of sp³-hybridized carbons (Fsp3) is 0. The van der Waals surface area contributed by atoms with Crippen molar-refractivity contribution in [3.63, 3.8) is 0 Å². The minimum Gasteiger partial charge on any atom is -0.396 e. The van der Waals surface area contributed by atoms with Gasteiger partial charge in [0.25, 0.3) is 10.0 Å². The molecule has 2 aromatic carbocycles. The molecular weight excluding hydrogens is 406 g/mol. The van der Waals surface area contributed by atoms with E-state index in [2.05, 4.69) is 20.7 Å². The Kier molecular flexibility index (Phi) is 4.67. The van der Waals surface area contributed by atoms with Crippen molar-refractivity contribution in [2.75, 3.05) is 10.5 Å². The van der Waals surface area contributed by atoms with Crippen LogP contribution in [0.5, 0.6) is 0 Å². The second-order valence-corrected chi connectivity index (χ2v) is 7.41. The van der Waals surface area contributed by atoms with Crippen LogP contribution in [0.1, 0.15) is 0 Å². The molecule has 0 atom stereocenters. The third kappa shape index (κ3) is 3.60. The Labute approximate surface area is 139 Å². The van der Waals surface area contributed by atoms with E-state index in [-0.39, 0.29) is 26.3 Å². The van der Waals surface area contributed by atoms with E-state index in [0.29, 0.717) is 4.47 Å². The van der Waals surface area contributed by atoms with Gasteiger partial charge in [0.15, 0.2) is 0 Å². The first-order chi connectivity index (χ1) is 9.70. The number of anilines is 2. The van der Waals surface area contributed by atoms with E-state index in [0.717, 1.165) is 12.1 Å². The minimum atomic E-state index is -4.05. The maximum Gasteiger partial charge on any atom is 0.263 e. The lowest BCUT2D eigenvalue weighted by Crippen LogP contribution is -2.14. The summed E-state index contributed by atoms with van der Waals surface area (Å²) in [5, 5.41) is -0.0819. The quantitative estimate of drug-likeness (QED) is 0.737. The fourth-order valence-electron chi connectivity index (χ4n) is 1.52. The van der Waals surface area contributed by atoms with E-state index >= 15 is 0 Å². The van der Waals surface area contributed by atoms with Gasteiger partial charge in [0, 0.05) is 4.47 Å². The van der Waals surface area contributed by atoms with Gasteiger partial charge in [-0.2, -0.15) is 0 Å². The third-order valence-electron chi connectivity index (χ3n) is 2.52. The second kappa shape index (κ2) is 6.00. The van der Waals surface area contributed by atoms with Gasteiger partial charge in [-0.15, -0.1) is 0 Å². The molecule has 0 amide bonds. The smallest absolute Gasteiger partial charge is 0.263 e. The summed E-state index contributed by atoms with van der Waals surface area (Å²) in [6.45, 7) is 0. The zero-order valence-electron chi connectivity index (χ0n) is 10.2. The molecule has 2 aromatic rings. The number of nitrogen functional groups attached to an aromatic ring is 1. The highest BCUT2D eigenvalue weighted by molar-refractivity contribution is 9.10. The maximum absolute atomic E-state index is 13.2. The molecule has 0 aromatic heterocycles. The predicted octanol–water partition coefficient (Wildman–Crippen LogP) is 4.28. The van der Waals surface area contributed by atoms with Gasteiger partial charge in [-0.05, 0) is 30.3 Å². The van der Waals surface area contributed by atoms with Crippen LogP contribution < -0.4 is 10.5 Å². The Morgan fingerprint density at radius 2 is 1.81 bits per heavy atom. The van der Waals surface area contributed by atoms with Gasteiger partial charge in [0.1, 0.15) is 10.7 Å². The molecule has 0 spiro atoms. The van der Waals surface area contributed by atoms with E-state index in [9.17, 15) is 12.8 Å². The molecule has 0 bridgehead atoms. The monoisotopic (exact) mass is 412 g/mol. The normalized spacial score (nSPS) is 11.4. The van der Waals surface area contributed by atoms with Gasteiger partial charge in [0.05, 0.1) is 21.4 Å². The first kappa shape index (κ1) is 16.4. The van der Waals surface area contributed by atoms with Crippen molar-refractivity contribution in [3.8, 4) is 0 Å². The molecule has 0 radical (unpaired) electrons. The van der Waals surface area contributed by atoms with E-state index in [1.54, 1.807) is 6.07 Å². The topological polar surface area (TPSA) is 72.2 Å². The van der Waals surface area contributed by atoms with Crippen LogP contribution in [-0.2, 0) is 10.0 Å². The molecule has 0 saturated carbocycles. The van der Waals surface area contributed by atoms with Gasteiger partial charge in [-0.25, -0.2) is 12.8 Å². The maximum atomic E-state index is 13.2. The average molecular weight is 414 g/mol. The van der Waals surface area contributed by atoms with Crippen molar-refractivity contribution in [2.24, 2.45) is 0 Å². The Morgan fingerprint density at radius 1 is 1.14 bits per heavy atom. The Hall–Kier alpha value is -1.02. The van der Waals surface area contributed by atoms with Crippen LogP contribution >= 0.6 is 39.1 Å². The summed E-state index contributed by atoms with van der Waals surface area (Å²) >= 11 is 14.9. The summed E-state index contributed by atoms with van der Waals surface area (Å²) in [5.74, 6) is -0.791. The molecular formula is C12H8BrCl2FN2O2S. The molecule has 0 heterocycles. The number of hydrogen-bond acceptors (Lipinski definition) is 3. The van der Waals surface area contributed by atoms with Crippen molar-refractivity contribution in [3.05, 3.63) is 50.7 Å². The highest BCUT2D eigenvalue weighted by Gasteiger charge is 2.21. The molecule has 9 heteroatoms. The van der Waals surface area contributed by atoms with Gasteiger partial charge < -0.3 is 5.73 Å². The standard InChI is InChI=1S/C12H8BrCl2FN2O2S/c13-6-1-2-11(7(14)3-6)18-21(19,20)12-5-10(17)9(16)4-8(12)15/h1-5,18H,17H2. The number of hydrogen-bond donors (Lipinski definition) is 2. The zero-order valence-corrected chi connectivity index (χ0v) is 14.1. The largest absolute Gasteiger partial charge is 0.396 e. The SMILES string of the molecule is Nc1cc(S(=O)(=O)Nc2ccc(Br)cc2Cl)c(Cl)cc1F. The summed E-state index contributed by atoms with van der Waals surface area (Å²) < 4.78 is 40.8. The first-order valence-electron chi connectivity index (χ1n) is 5.43. The molecule has 21 heavy (non-hydrogen) atoms. The molecule has 112 valence electrons.